The van der Waals surface area contributed by atoms with Crippen molar-refractivity contribution in [3.05, 3.63) is 0 Å². The molecule has 1 heteroatoms. The third-order valence-electron chi connectivity index (χ3n) is 5.02. The van der Waals surface area contributed by atoms with Crippen LogP contribution in [0.25, 0.3) is 0 Å². The SMILES string of the molecule is CCCCCCCCCCC(CN)CCCCCCCCC. The van der Waals surface area contributed by atoms with Crippen LogP contribution < -0.4 is 5.73 Å². The van der Waals surface area contributed by atoms with Crippen molar-refractivity contribution in [1.82, 2.24) is 0 Å². The molecule has 0 aliphatic rings. The normalized spacial score (nSPS) is 12.7. The summed E-state index contributed by atoms with van der Waals surface area (Å²) in [4.78, 5) is 0. The van der Waals surface area contributed by atoms with E-state index in [9.17, 15) is 0 Å². The predicted octanol–water partition coefficient (Wildman–Crippen LogP) is 7.23. The van der Waals surface area contributed by atoms with E-state index in [1.54, 1.807) is 0 Å². The molecule has 1 atom stereocenters. The lowest BCUT2D eigenvalue weighted by molar-refractivity contribution is 0.410. The quantitative estimate of drug-likeness (QED) is 0.265. The lowest BCUT2D eigenvalue weighted by Crippen LogP contribution is -2.14. The summed E-state index contributed by atoms with van der Waals surface area (Å²) in [6.45, 7) is 5.49. The second-order valence-electron chi connectivity index (χ2n) is 7.28. The molecule has 0 amide bonds. The highest BCUT2D eigenvalue weighted by molar-refractivity contribution is 4.61. The van der Waals surface area contributed by atoms with Crippen LogP contribution in [0, 0.1) is 5.92 Å². The van der Waals surface area contributed by atoms with Gasteiger partial charge in [-0.3, -0.25) is 0 Å². The minimum absolute atomic E-state index is 0.802. The van der Waals surface area contributed by atoms with Gasteiger partial charge in [0.25, 0.3) is 0 Å². The Hall–Kier alpha value is -0.0400. The molecule has 1 unspecified atom stereocenters. The molecule has 1 nitrogen and oxygen atoms in total. The van der Waals surface area contributed by atoms with Gasteiger partial charge in [-0.15, -0.1) is 0 Å². The lowest BCUT2D eigenvalue weighted by Gasteiger charge is -2.14. The molecule has 0 bridgehead atoms. The first-order valence-electron chi connectivity index (χ1n) is 10.5. The zero-order chi connectivity index (χ0) is 16.3. The molecule has 0 saturated heterocycles. The van der Waals surface area contributed by atoms with Crippen molar-refractivity contribution >= 4 is 0 Å². The molecule has 134 valence electrons. The van der Waals surface area contributed by atoms with Gasteiger partial charge in [0.2, 0.25) is 0 Å². The van der Waals surface area contributed by atoms with Gasteiger partial charge < -0.3 is 5.73 Å². The maximum absolute atomic E-state index is 5.95. The number of hydrogen-bond donors (Lipinski definition) is 1. The van der Waals surface area contributed by atoms with Crippen LogP contribution in [0.2, 0.25) is 0 Å². The van der Waals surface area contributed by atoms with Crippen LogP contribution >= 0.6 is 0 Å². The molecule has 0 aliphatic heterocycles. The van der Waals surface area contributed by atoms with E-state index in [-0.39, 0.29) is 0 Å². The molecular weight excluding hydrogens is 266 g/mol. The van der Waals surface area contributed by atoms with Crippen molar-refractivity contribution in [3.63, 3.8) is 0 Å². The van der Waals surface area contributed by atoms with Gasteiger partial charge in [0, 0.05) is 0 Å². The van der Waals surface area contributed by atoms with Gasteiger partial charge in [-0.2, -0.15) is 0 Å². The Morgan fingerprint density at radius 3 is 1.14 bits per heavy atom. The molecule has 22 heavy (non-hydrogen) atoms. The van der Waals surface area contributed by atoms with E-state index in [1.807, 2.05) is 0 Å². The van der Waals surface area contributed by atoms with Crippen molar-refractivity contribution in [2.24, 2.45) is 11.7 Å². The van der Waals surface area contributed by atoms with Gasteiger partial charge in [-0.25, -0.2) is 0 Å². The molecule has 0 heterocycles. The monoisotopic (exact) mass is 311 g/mol. The molecular formula is C21H45N. The summed E-state index contributed by atoms with van der Waals surface area (Å²) in [5.74, 6) is 0.802. The van der Waals surface area contributed by atoms with Gasteiger partial charge in [-0.05, 0) is 25.3 Å². The third kappa shape index (κ3) is 16.3. The first-order valence-corrected chi connectivity index (χ1v) is 10.5. The van der Waals surface area contributed by atoms with Gasteiger partial charge in [0.15, 0.2) is 0 Å². The summed E-state index contributed by atoms with van der Waals surface area (Å²) >= 11 is 0. The van der Waals surface area contributed by atoms with E-state index in [0.717, 1.165) is 12.5 Å². The molecule has 0 spiro atoms. The molecule has 2 N–H and O–H groups in total. The second-order valence-corrected chi connectivity index (χ2v) is 7.28. The highest BCUT2D eigenvalue weighted by Gasteiger charge is 2.06. The van der Waals surface area contributed by atoms with Crippen LogP contribution in [-0.4, -0.2) is 6.54 Å². The Kier molecular flexibility index (Phi) is 19.0. The van der Waals surface area contributed by atoms with Crippen molar-refractivity contribution in [1.29, 1.82) is 0 Å². The summed E-state index contributed by atoms with van der Waals surface area (Å²) in [6, 6.07) is 0. The van der Waals surface area contributed by atoms with E-state index < -0.39 is 0 Å². The summed E-state index contributed by atoms with van der Waals surface area (Å²) in [5, 5.41) is 0. The minimum Gasteiger partial charge on any atom is -0.330 e. The van der Waals surface area contributed by atoms with Gasteiger partial charge in [0.05, 0.1) is 0 Å². The number of nitrogens with two attached hydrogens (primary N) is 1. The van der Waals surface area contributed by atoms with Gasteiger partial charge >= 0.3 is 0 Å². The standard InChI is InChI=1S/C21H45N/c1-3-5-7-9-11-13-15-17-19-21(20-22)18-16-14-12-10-8-6-4-2/h21H,3-20,22H2,1-2H3. The summed E-state index contributed by atoms with van der Waals surface area (Å²) in [7, 11) is 0. The first kappa shape index (κ1) is 22.0. The average Bonchev–Trinajstić information content (AvgIpc) is 2.54. The van der Waals surface area contributed by atoms with Crippen molar-refractivity contribution < 1.29 is 0 Å². The second kappa shape index (κ2) is 19.0. The third-order valence-corrected chi connectivity index (χ3v) is 5.02. The highest BCUT2D eigenvalue weighted by Crippen LogP contribution is 2.18. The van der Waals surface area contributed by atoms with E-state index >= 15 is 0 Å². The minimum atomic E-state index is 0.802. The van der Waals surface area contributed by atoms with E-state index in [0.29, 0.717) is 0 Å². The predicted molar refractivity (Wildman–Crippen MR) is 102 cm³/mol. The van der Waals surface area contributed by atoms with Crippen LogP contribution in [0.15, 0.2) is 0 Å². The maximum atomic E-state index is 5.95. The summed E-state index contributed by atoms with van der Waals surface area (Å²) < 4.78 is 0. The molecule has 0 aromatic heterocycles. The van der Waals surface area contributed by atoms with Crippen LogP contribution in [-0.2, 0) is 0 Å². The highest BCUT2D eigenvalue weighted by atomic mass is 14.5. The topological polar surface area (TPSA) is 26.0 Å². The largest absolute Gasteiger partial charge is 0.330 e. The van der Waals surface area contributed by atoms with Crippen LogP contribution in [0.1, 0.15) is 123 Å². The molecule has 0 aromatic carbocycles. The Labute approximate surface area is 141 Å². The zero-order valence-electron chi connectivity index (χ0n) is 15.9. The maximum Gasteiger partial charge on any atom is -0.00489 e. The fourth-order valence-corrected chi connectivity index (χ4v) is 3.34. The molecule has 0 rings (SSSR count). The van der Waals surface area contributed by atoms with Crippen LogP contribution in [0.3, 0.4) is 0 Å². The van der Waals surface area contributed by atoms with E-state index in [4.69, 9.17) is 5.73 Å². The zero-order valence-corrected chi connectivity index (χ0v) is 15.9. The Bertz CT molecular complexity index is 190. The first-order chi connectivity index (χ1) is 10.8. The van der Waals surface area contributed by atoms with Crippen molar-refractivity contribution in [2.75, 3.05) is 6.54 Å². The number of rotatable bonds is 18. The van der Waals surface area contributed by atoms with Crippen molar-refractivity contribution in [3.8, 4) is 0 Å². The van der Waals surface area contributed by atoms with E-state index in [1.165, 1.54) is 109 Å². The van der Waals surface area contributed by atoms with Crippen LogP contribution in [0.4, 0.5) is 0 Å². The fraction of sp³-hybridized carbons (Fsp3) is 1.00. The summed E-state index contributed by atoms with van der Waals surface area (Å²) in [6.07, 6.45) is 24.1. The van der Waals surface area contributed by atoms with Crippen LogP contribution in [0.5, 0.6) is 0 Å². The molecule has 0 aromatic rings. The van der Waals surface area contributed by atoms with Crippen molar-refractivity contribution in [2.45, 2.75) is 123 Å². The molecule has 0 fully saturated rings. The van der Waals surface area contributed by atoms with Gasteiger partial charge in [0.1, 0.15) is 0 Å². The Balaban J connectivity index is 3.29. The molecule has 0 saturated carbocycles. The van der Waals surface area contributed by atoms with E-state index in [2.05, 4.69) is 13.8 Å². The Morgan fingerprint density at radius 2 is 0.818 bits per heavy atom. The fourth-order valence-electron chi connectivity index (χ4n) is 3.34. The number of unbranched alkanes of at least 4 members (excludes halogenated alkanes) is 13. The Morgan fingerprint density at radius 1 is 0.500 bits per heavy atom. The smallest absolute Gasteiger partial charge is 0.00489 e. The lowest BCUT2D eigenvalue weighted by atomic mass is 9.94. The van der Waals surface area contributed by atoms with Gasteiger partial charge in [-0.1, -0.05) is 110 Å². The molecule has 0 aliphatic carbocycles. The average molecular weight is 312 g/mol. The molecule has 0 radical (unpaired) electrons. The number of hydrogen-bond acceptors (Lipinski definition) is 1. The summed E-state index contributed by atoms with van der Waals surface area (Å²) in [5.41, 5.74) is 5.95.